The number of sulfonamides is 1. The lowest BCUT2D eigenvalue weighted by atomic mass is 9.69. The number of carbonyl (C=O) groups is 1. The average Bonchev–Trinajstić information content (AvgIpc) is 2.95. The summed E-state index contributed by atoms with van der Waals surface area (Å²) in [7, 11) is -1.54. The highest BCUT2D eigenvalue weighted by molar-refractivity contribution is 7.88. The number of nitrogens with one attached hydrogen (secondary N) is 1. The quantitative estimate of drug-likeness (QED) is 0.822. The molecule has 1 N–H and O–H groups in total. The summed E-state index contributed by atoms with van der Waals surface area (Å²) in [6, 6.07) is 1.49. The molecule has 0 saturated carbocycles. The zero-order chi connectivity index (χ0) is 17.4. The van der Waals surface area contributed by atoms with Crippen molar-refractivity contribution in [3.8, 4) is 0 Å². The summed E-state index contributed by atoms with van der Waals surface area (Å²) in [5, 5.41) is 4.04. The first-order valence-corrected chi connectivity index (χ1v) is 10.0. The molecule has 3 rings (SSSR count). The third-order valence-electron chi connectivity index (χ3n) is 5.21. The van der Waals surface area contributed by atoms with Crippen LogP contribution in [0.15, 0.2) is 12.3 Å². The smallest absolute Gasteiger partial charge is 0.272 e. The van der Waals surface area contributed by atoms with Crippen LogP contribution in [0.3, 0.4) is 0 Å². The van der Waals surface area contributed by atoms with Crippen LogP contribution in [0.5, 0.6) is 0 Å². The van der Waals surface area contributed by atoms with E-state index in [1.165, 1.54) is 6.26 Å². The number of aryl methyl sites for hydroxylation is 1. The Morgan fingerprint density at radius 1 is 1.38 bits per heavy atom. The zero-order valence-electron chi connectivity index (χ0n) is 14.1. The minimum Gasteiger partial charge on any atom is -0.380 e. The molecule has 8 nitrogen and oxygen atoms in total. The normalized spacial score (nSPS) is 24.2. The molecule has 1 aromatic rings. The first-order valence-electron chi connectivity index (χ1n) is 8.13. The second-order valence-electron chi connectivity index (χ2n) is 6.76. The van der Waals surface area contributed by atoms with Gasteiger partial charge in [0.2, 0.25) is 10.0 Å². The van der Waals surface area contributed by atoms with Crippen LogP contribution in [-0.4, -0.2) is 67.6 Å². The van der Waals surface area contributed by atoms with Gasteiger partial charge in [0.1, 0.15) is 5.69 Å². The van der Waals surface area contributed by atoms with Crippen LogP contribution in [0, 0.1) is 5.41 Å². The molecule has 9 heteroatoms. The number of hydrogen-bond acceptors (Lipinski definition) is 5. The van der Waals surface area contributed by atoms with Crippen molar-refractivity contribution in [1.82, 2.24) is 19.4 Å². The van der Waals surface area contributed by atoms with E-state index in [-0.39, 0.29) is 17.4 Å². The van der Waals surface area contributed by atoms with Crippen LogP contribution in [0.25, 0.3) is 0 Å². The minimum atomic E-state index is -3.29. The van der Waals surface area contributed by atoms with E-state index in [0.29, 0.717) is 32.0 Å². The van der Waals surface area contributed by atoms with Gasteiger partial charge in [-0.1, -0.05) is 0 Å². The van der Waals surface area contributed by atoms with E-state index < -0.39 is 10.0 Å². The molecule has 1 spiro atoms. The summed E-state index contributed by atoms with van der Waals surface area (Å²) in [6.45, 7) is 2.26. The average molecular weight is 356 g/mol. The van der Waals surface area contributed by atoms with Gasteiger partial charge in [-0.2, -0.15) is 5.10 Å². The van der Waals surface area contributed by atoms with E-state index in [0.717, 1.165) is 19.3 Å². The SMILES string of the molecule is Cn1nccc1C(=O)N1CCC2(CCOC[C@@H]2NS(C)(=O)=O)CC1. The molecule has 1 atom stereocenters. The third-order valence-corrected chi connectivity index (χ3v) is 5.92. The van der Waals surface area contributed by atoms with Crippen LogP contribution in [0.1, 0.15) is 29.8 Å². The van der Waals surface area contributed by atoms with Crippen molar-refractivity contribution in [2.45, 2.75) is 25.3 Å². The van der Waals surface area contributed by atoms with Crippen molar-refractivity contribution in [2.24, 2.45) is 12.5 Å². The highest BCUT2D eigenvalue weighted by Gasteiger charge is 2.45. The van der Waals surface area contributed by atoms with Crippen LogP contribution in [0.2, 0.25) is 0 Å². The van der Waals surface area contributed by atoms with Gasteiger partial charge in [-0.15, -0.1) is 0 Å². The number of hydrogen-bond donors (Lipinski definition) is 1. The summed E-state index contributed by atoms with van der Waals surface area (Å²) < 4.78 is 33.1. The van der Waals surface area contributed by atoms with Gasteiger partial charge >= 0.3 is 0 Å². The van der Waals surface area contributed by atoms with Gasteiger partial charge in [0, 0.05) is 32.9 Å². The fourth-order valence-electron chi connectivity index (χ4n) is 3.74. The zero-order valence-corrected chi connectivity index (χ0v) is 14.9. The van der Waals surface area contributed by atoms with E-state index in [4.69, 9.17) is 4.74 Å². The number of rotatable bonds is 3. The van der Waals surface area contributed by atoms with Gasteiger partial charge in [0.25, 0.3) is 5.91 Å². The molecule has 1 amide bonds. The first-order chi connectivity index (χ1) is 11.3. The largest absolute Gasteiger partial charge is 0.380 e. The highest BCUT2D eigenvalue weighted by atomic mass is 32.2. The van der Waals surface area contributed by atoms with E-state index in [9.17, 15) is 13.2 Å². The van der Waals surface area contributed by atoms with Gasteiger partial charge in [-0.05, 0) is 30.7 Å². The fourth-order valence-corrected chi connectivity index (χ4v) is 4.58. The van der Waals surface area contributed by atoms with Crippen LogP contribution >= 0.6 is 0 Å². The fraction of sp³-hybridized carbons (Fsp3) is 0.733. The van der Waals surface area contributed by atoms with E-state index in [2.05, 4.69) is 9.82 Å². The Bertz CT molecular complexity index is 707. The van der Waals surface area contributed by atoms with Gasteiger partial charge in [-0.3, -0.25) is 9.48 Å². The van der Waals surface area contributed by atoms with Crippen molar-refractivity contribution >= 4 is 15.9 Å². The second-order valence-corrected chi connectivity index (χ2v) is 8.54. The van der Waals surface area contributed by atoms with Crippen molar-refractivity contribution in [2.75, 3.05) is 32.6 Å². The Labute approximate surface area is 142 Å². The number of piperidine rings is 1. The Hall–Kier alpha value is -1.45. The lowest BCUT2D eigenvalue weighted by Gasteiger charge is -2.48. The van der Waals surface area contributed by atoms with Crippen LogP contribution in [-0.2, 0) is 21.8 Å². The van der Waals surface area contributed by atoms with Crippen molar-refractivity contribution < 1.29 is 17.9 Å². The van der Waals surface area contributed by atoms with Crippen molar-refractivity contribution in [3.63, 3.8) is 0 Å². The maximum absolute atomic E-state index is 12.6. The van der Waals surface area contributed by atoms with E-state index in [1.807, 2.05) is 4.90 Å². The molecule has 2 fully saturated rings. The Morgan fingerprint density at radius 2 is 2.08 bits per heavy atom. The first kappa shape index (κ1) is 17.4. The molecule has 0 aromatic carbocycles. The molecule has 24 heavy (non-hydrogen) atoms. The summed E-state index contributed by atoms with van der Waals surface area (Å²) in [5.41, 5.74) is 0.439. The van der Waals surface area contributed by atoms with Gasteiger partial charge in [-0.25, -0.2) is 13.1 Å². The standard InChI is InChI=1S/C15H24N4O4S/c1-18-12(3-7-16-18)14(20)19-8-4-15(5-9-19)6-10-23-11-13(15)17-24(2,21)22/h3,7,13,17H,4-6,8-11H2,1-2H3/t13-/m0/s1. The number of amides is 1. The molecule has 0 aliphatic carbocycles. The number of carbonyl (C=O) groups excluding carboxylic acids is 1. The Morgan fingerprint density at radius 3 is 2.67 bits per heavy atom. The lowest BCUT2D eigenvalue weighted by Crippen LogP contribution is -2.57. The third kappa shape index (κ3) is 3.47. The van der Waals surface area contributed by atoms with E-state index >= 15 is 0 Å². The summed E-state index contributed by atoms with van der Waals surface area (Å²) in [6.07, 6.45) is 5.15. The molecule has 0 unspecified atom stereocenters. The predicted octanol–water partition coefficient (Wildman–Crippen LogP) is -0.0194. The van der Waals surface area contributed by atoms with Crippen LogP contribution < -0.4 is 4.72 Å². The van der Waals surface area contributed by atoms with Crippen molar-refractivity contribution in [3.05, 3.63) is 18.0 Å². The number of aromatic nitrogens is 2. The number of nitrogens with zero attached hydrogens (tertiary/aromatic N) is 3. The lowest BCUT2D eigenvalue weighted by molar-refractivity contribution is -0.0401. The maximum Gasteiger partial charge on any atom is 0.272 e. The van der Waals surface area contributed by atoms with E-state index in [1.54, 1.807) is 24.0 Å². The number of ether oxygens (including phenoxy) is 1. The predicted molar refractivity (Wildman–Crippen MR) is 88.0 cm³/mol. The van der Waals surface area contributed by atoms with Crippen LogP contribution in [0.4, 0.5) is 0 Å². The summed E-state index contributed by atoms with van der Waals surface area (Å²) in [4.78, 5) is 14.4. The Kier molecular flexibility index (Phi) is 4.67. The Balaban J connectivity index is 1.70. The molecule has 0 radical (unpaired) electrons. The van der Waals surface area contributed by atoms with Gasteiger partial charge in [0.15, 0.2) is 0 Å². The highest BCUT2D eigenvalue weighted by Crippen LogP contribution is 2.41. The molecule has 2 aliphatic rings. The molecule has 2 aliphatic heterocycles. The molecule has 134 valence electrons. The topological polar surface area (TPSA) is 93.5 Å². The number of likely N-dealkylation sites (tertiary alicyclic amines) is 1. The van der Waals surface area contributed by atoms with Gasteiger partial charge in [0.05, 0.1) is 18.9 Å². The van der Waals surface area contributed by atoms with Crippen molar-refractivity contribution in [1.29, 1.82) is 0 Å². The molecule has 0 bridgehead atoms. The molecule has 1 aromatic heterocycles. The monoisotopic (exact) mass is 356 g/mol. The maximum atomic E-state index is 12.6. The molecular formula is C15H24N4O4S. The minimum absolute atomic E-state index is 0.0236. The van der Waals surface area contributed by atoms with Gasteiger partial charge < -0.3 is 9.64 Å². The summed E-state index contributed by atoms with van der Waals surface area (Å²) >= 11 is 0. The summed E-state index contributed by atoms with van der Waals surface area (Å²) in [5.74, 6) is -0.0236. The molecular weight excluding hydrogens is 332 g/mol. The molecule has 2 saturated heterocycles. The molecule has 3 heterocycles. The second kappa shape index (κ2) is 6.45.